The van der Waals surface area contributed by atoms with Crippen LogP contribution in [0, 0.1) is 0 Å². The van der Waals surface area contributed by atoms with Crippen molar-refractivity contribution >= 4 is 17.8 Å². The molecule has 0 unspecified atom stereocenters. The first-order valence-electron chi connectivity index (χ1n) is 8.42. The van der Waals surface area contributed by atoms with Crippen molar-refractivity contribution in [2.45, 2.75) is 56.2 Å². The Hall–Kier alpha value is -1.17. The van der Waals surface area contributed by atoms with Crippen LogP contribution < -0.4 is 5.32 Å². The topological polar surface area (TPSA) is 61.0 Å². The molecule has 0 bridgehead atoms. The molecule has 0 spiro atoms. The predicted molar refractivity (Wildman–Crippen MR) is 90.2 cm³/mol. The van der Waals surface area contributed by atoms with Gasteiger partial charge in [-0.25, -0.2) is 9.78 Å². The first kappa shape index (κ1) is 15.7. The van der Waals surface area contributed by atoms with Crippen LogP contribution in [0.5, 0.6) is 0 Å². The lowest BCUT2D eigenvalue weighted by Crippen LogP contribution is -2.47. The van der Waals surface area contributed by atoms with E-state index in [1.54, 1.807) is 6.20 Å². The van der Waals surface area contributed by atoms with E-state index in [0.29, 0.717) is 12.0 Å². The van der Waals surface area contributed by atoms with Crippen LogP contribution in [0.15, 0.2) is 12.4 Å². The summed E-state index contributed by atoms with van der Waals surface area (Å²) in [4.78, 5) is 22.0. The number of nitrogens with zero attached hydrogens (tertiary/aromatic N) is 2. The zero-order valence-electron chi connectivity index (χ0n) is 13.3. The fourth-order valence-corrected chi connectivity index (χ4v) is 4.75. The summed E-state index contributed by atoms with van der Waals surface area (Å²) in [6.45, 7) is 3.85. The van der Waals surface area contributed by atoms with Gasteiger partial charge in [-0.2, -0.15) is 11.8 Å². The second kappa shape index (κ2) is 7.40. The lowest BCUT2D eigenvalue weighted by Gasteiger charge is -2.32. The lowest BCUT2D eigenvalue weighted by molar-refractivity contribution is 0.175. The molecular formula is C16H26N4OS. The third-order valence-electron chi connectivity index (χ3n) is 4.73. The van der Waals surface area contributed by atoms with E-state index in [9.17, 15) is 4.79 Å². The summed E-state index contributed by atoms with van der Waals surface area (Å²) in [5.41, 5.74) is 0. The van der Waals surface area contributed by atoms with Gasteiger partial charge in [0.05, 0.1) is 0 Å². The minimum Gasteiger partial charge on any atom is -0.348 e. The molecular weight excluding hydrogens is 296 g/mol. The van der Waals surface area contributed by atoms with Crippen LogP contribution in [0.25, 0.3) is 0 Å². The van der Waals surface area contributed by atoms with Gasteiger partial charge < -0.3 is 15.2 Å². The highest BCUT2D eigenvalue weighted by Gasteiger charge is 2.30. The Balaban J connectivity index is 1.50. The van der Waals surface area contributed by atoms with Crippen molar-refractivity contribution in [3.8, 4) is 0 Å². The predicted octanol–water partition coefficient (Wildman–Crippen LogP) is 2.97. The molecule has 1 aliphatic carbocycles. The van der Waals surface area contributed by atoms with Crippen LogP contribution in [0.4, 0.5) is 4.79 Å². The third kappa shape index (κ3) is 3.77. The molecule has 22 heavy (non-hydrogen) atoms. The van der Waals surface area contributed by atoms with E-state index in [2.05, 4.69) is 22.2 Å². The van der Waals surface area contributed by atoms with E-state index in [1.165, 1.54) is 12.2 Å². The number of H-pyrrole nitrogens is 1. The van der Waals surface area contributed by atoms with E-state index in [-0.39, 0.29) is 6.03 Å². The van der Waals surface area contributed by atoms with Gasteiger partial charge >= 0.3 is 6.03 Å². The third-order valence-corrected chi connectivity index (χ3v) is 5.96. The fourth-order valence-electron chi connectivity index (χ4n) is 3.61. The zero-order valence-corrected chi connectivity index (χ0v) is 14.1. The summed E-state index contributed by atoms with van der Waals surface area (Å²) in [5, 5.41) is 3.98. The Morgan fingerprint density at radius 2 is 2.41 bits per heavy atom. The average molecular weight is 322 g/mol. The van der Waals surface area contributed by atoms with Gasteiger partial charge in [0.25, 0.3) is 0 Å². The quantitative estimate of drug-likeness (QED) is 0.896. The first-order chi connectivity index (χ1) is 10.8. The smallest absolute Gasteiger partial charge is 0.317 e. The molecule has 5 nitrogen and oxygen atoms in total. The lowest BCUT2D eigenvalue weighted by atomic mass is 9.97. The van der Waals surface area contributed by atoms with Crippen molar-refractivity contribution in [3.05, 3.63) is 18.2 Å². The van der Waals surface area contributed by atoms with Crippen LogP contribution in [-0.4, -0.2) is 51.0 Å². The molecule has 1 aliphatic heterocycles. The molecule has 1 aromatic rings. The molecule has 2 N–H and O–H groups in total. The number of imidazole rings is 1. The van der Waals surface area contributed by atoms with E-state index in [4.69, 9.17) is 0 Å². The van der Waals surface area contributed by atoms with Gasteiger partial charge in [0.2, 0.25) is 0 Å². The minimum absolute atomic E-state index is 0.114. The van der Waals surface area contributed by atoms with E-state index in [1.807, 2.05) is 22.9 Å². The minimum atomic E-state index is 0.114. The first-order valence-corrected chi connectivity index (χ1v) is 9.47. The summed E-state index contributed by atoms with van der Waals surface area (Å²) >= 11 is 2.03. The monoisotopic (exact) mass is 322 g/mol. The normalized spacial score (nSPS) is 28.8. The number of piperidine rings is 1. The van der Waals surface area contributed by atoms with Gasteiger partial charge in [0, 0.05) is 42.7 Å². The number of urea groups is 1. The molecule has 0 radical (unpaired) electrons. The van der Waals surface area contributed by atoms with Crippen molar-refractivity contribution in [2.24, 2.45) is 0 Å². The van der Waals surface area contributed by atoms with Crippen LogP contribution >= 0.6 is 11.8 Å². The largest absolute Gasteiger partial charge is 0.348 e. The standard InChI is InChI=1S/C16H26N4OS/c1-2-22-14-6-5-13(10-14)19-16(21)20-9-3-4-12(11-20)15-17-7-8-18-15/h7-8,12-14H,2-6,9-11H2,1H3,(H,17,18)(H,19,21)/t12-,13-,14-/m1/s1. The molecule has 0 aromatic carbocycles. The number of hydrogen-bond acceptors (Lipinski definition) is 3. The van der Waals surface area contributed by atoms with Crippen LogP contribution in [-0.2, 0) is 0 Å². The maximum absolute atomic E-state index is 12.5. The van der Waals surface area contributed by atoms with E-state index in [0.717, 1.165) is 49.8 Å². The number of likely N-dealkylation sites (tertiary alicyclic amines) is 1. The van der Waals surface area contributed by atoms with Gasteiger partial charge in [-0.05, 0) is 37.9 Å². The van der Waals surface area contributed by atoms with Gasteiger partial charge in [-0.15, -0.1) is 0 Å². The van der Waals surface area contributed by atoms with Crippen molar-refractivity contribution in [1.82, 2.24) is 20.2 Å². The number of carbonyl (C=O) groups excluding carboxylic acids is 1. The second-order valence-corrected chi connectivity index (χ2v) is 7.87. The molecule has 1 aromatic heterocycles. The molecule has 3 atom stereocenters. The molecule has 2 amide bonds. The van der Waals surface area contributed by atoms with Gasteiger partial charge in [0.15, 0.2) is 0 Å². The number of hydrogen-bond donors (Lipinski definition) is 2. The number of aromatic amines is 1. The molecule has 1 saturated heterocycles. The summed E-state index contributed by atoms with van der Waals surface area (Å²) in [5.74, 6) is 2.53. The number of thioether (sulfide) groups is 1. The van der Waals surface area contributed by atoms with Gasteiger partial charge in [-0.3, -0.25) is 0 Å². The zero-order chi connectivity index (χ0) is 15.4. The number of amides is 2. The van der Waals surface area contributed by atoms with Crippen LogP contribution in [0.2, 0.25) is 0 Å². The van der Waals surface area contributed by atoms with Crippen molar-refractivity contribution in [2.75, 3.05) is 18.8 Å². The van der Waals surface area contributed by atoms with Crippen molar-refractivity contribution in [1.29, 1.82) is 0 Å². The molecule has 2 fully saturated rings. The Labute approximate surface area is 136 Å². The highest BCUT2D eigenvalue weighted by Crippen LogP contribution is 2.30. The Bertz CT molecular complexity index is 479. The average Bonchev–Trinajstić information content (AvgIpc) is 3.20. The van der Waals surface area contributed by atoms with Crippen LogP contribution in [0.1, 0.15) is 50.8 Å². The van der Waals surface area contributed by atoms with E-state index >= 15 is 0 Å². The molecule has 1 saturated carbocycles. The van der Waals surface area contributed by atoms with Crippen LogP contribution in [0.3, 0.4) is 0 Å². The number of aromatic nitrogens is 2. The van der Waals surface area contributed by atoms with Crippen molar-refractivity contribution < 1.29 is 4.79 Å². The SMILES string of the molecule is CCS[C@@H]1CC[C@@H](NC(=O)N2CCC[C@@H](c3ncc[nH]3)C2)C1. The van der Waals surface area contributed by atoms with Crippen molar-refractivity contribution in [3.63, 3.8) is 0 Å². The summed E-state index contributed by atoms with van der Waals surface area (Å²) in [7, 11) is 0. The van der Waals surface area contributed by atoms with Gasteiger partial charge in [0.1, 0.15) is 5.82 Å². The second-order valence-electron chi connectivity index (χ2n) is 6.30. The maximum Gasteiger partial charge on any atom is 0.317 e. The van der Waals surface area contributed by atoms with E-state index < -0.39 is 0 Å². The molecule has 6 heteroatoms. The Kier molecular flexibility index (Phi) is 5.28. The summed E-state index contributed by atoms with van der Waals surface area (Å²) in [6, 6.07) is 0.476. The number of rotatable bonds is 4. The highest BCUT2D eigenvalue weighted by atomic mass is 32.2. The summed E-state index contributed by atoms with van der Waals surface area (Å²) < 4.78 is 0. The van der Waals surface area contributed by atoms with Gasteiger partial charge in [-0.1, -0.05) is 6.92 Å². The number of nitrogens with one attached hydrogen (secondary N) is 2. The highest BCUT2D eigenvalue weighted by molar-refractivity contribution is 7.99. The molecule has 3 rings (SSSR count). The number of carbonyl (C=O) groups is 1. The fraction of sp³-hybridized carbons (Fsp3) is 0.750. The Morgan fingerprint density at radius 3 is 3.18 bits per heavy atom. The molecule has 122 valence electrons. The molecule has 2 aliphatic rings. The molecule has 2 heterocycles. The summed E-state index contributed by atoms with van der Waals surface area (Å²) in [6.07, 6.45) is 9.29. The Morgan fingerprint density at radius 1 is 1.50 bits per heavy atom. The maximum atomic E-state index is 12.5.